The second-order valence-corrected chi connectivity index (χ2v) is 2.88. The zero-order valence-electron chi connectivity index (χ0n) is 6.85. The minimum absolute atomic E-state index is 0.299. The van der Waals surface area contributed by atoms with Gasteiger partial charge >= 0.3 is 0 Å². The van der Waals surface area contributed by atoms with Crippen LogP contribution in [0.2, 0.25) is 5.02 Å². The number of pyridine rings is 1. The first kappa shape index (κ1) is 8.83. The molecule has 14 heavy (non-hydrogen) atoms. The van der Waals surface area contributed by atoms with Crippen LogP contribution in [0.25, 0.3) is 11.5 Å². The highest BCUT2D eigenvalue weighted by Gasteiger charge is 2.09. The Labute approximate surface area is 83.7 Å². The summed E-state index contributed by atoms with van der Waals surface area (Å²) in [7, 11) is 0. The van der Waals surface area contributed by atoms with Gasteiger partial charge in [0.05, 0.1) is 5.02 Å². The van der Waals surface area contributed by atoms with Crippen molar-refractivity contribution in [3.05, 3.63) is 29.2 Å². The van der Waals surface area contributed by atoms with Gasteiger partial charge in [-0.15, -0.1) is 0 Å². The molecule has 0 aliphatic rings. The van der Waals surface area contributed by atoms with Gasteiger partial charge in [0.2, 0.25) is 12.2 Å². The minimum Gasteiger partial charge on any atom is -0.342 e. The molecule has 0 fully saturated rings. The van der Waals surface area contributed by atoms with Crippen LogP contribution in [0.3, 0.4) is 0 Å². The number of carbonyl (C=O) groups excluding carboxylic acids is 1. The van der Waals surface area contributed by atoms with E-state index in [1.54, 1.807) is 0 Å². The molecule has 0 aliphatic carbocycles. The summed E-state index contributed by atoms with van der Waals surface area (Å²) in [5.74, 6) is 0.299. The Morgan fingerprint density at radius 1 is 1.43 bits per heavy atom. The van der Waals surface area contributed by atoms with Crippen molar-refractivity contribution in [2.75, 3.05) is 0 Å². The molecule has 2 aromatic heterocycles. The standard InChI is InChI=1S/C8H4ClN3O2/c9-6-1-5(3-13)2-10-7(6)8-11-4-14-12-8/h1-4H. The summed E-state index contributed by atoms with van der Waals surface area (Å²) in [5, 5.41) is 3.90. The molecule has 0 spiro atoms. The predicted molar refractivity (Wildman–Crippen MR) is 47.9 cm³/mol. The number of nitrogens with zero attached hydrogens (tertiary/aromatic N) is 3. The highest BCUT2D eigenvalue weighted by molar-refractivity contribution is 6.33. The molecule has 2 aromatic rings. The number of carbonyl (C=O) groups is 1. The first-order valence-corrected chi connectivity index (χ1v) is 4.06. The van der Waals surface area contributed by atoms with E-state index >= 15 is 0 Å². The maximum absolute atomic E-state index is 10.4. The van der Waals surface area contributed by atoms with E-state index in [4.69, 9.17) is 11.6 Å². The van der Waals surface area contributed by atoms with Crippen molar-refractivity contribution < 1.29 is 9.32 Å². The lowest BCUT2D eigenvalue weighted by molar-refractivity contribution is 0.112. The van der Waals surface area contributed by atoms with Gasteiger partial charge in [0, 0.05) is 11.8 Å². The lowest BCUT2D eigenvalue weighted by Crippen LogP contribution is -1.90. The highest BCUT2D eigenvalue weighted by atomic mass is 35.5. The summed E-state index contributed by atoms with van der Waals surface area (Å²) in [6.45, 7) is 0. The fourth-order valence-corrected chi connectivity index (χ4v) is 1.22. The number of aromatic nitrogens is 3. The second-order valence-electron chi connectivity index (χ2n) is 2.47. The number of halogens is 1. The third kappa shape index (κ3) is 1.49. The third-order valence-corrected chi connectivity index (χ3v) is 1.86. The molecular formula is C8H4ClN3O2. The van der Waals surface area contributed by atoms with E-state index in [1.165, 1.54) is 18.7 Å². The van der Waals surface area contributed by atoms with Crippen LogP contribution < -0.4 is 0 Å². The Morgan fingerprint density at radius 2 is 2.29 bits per heavy atom. The van der Waals surface area contributed by atoms with E-state index in [1.807, 2.05) is 0 Å². The van der Waals surface area contributed by atoms with Gasteiger partial charge in [-0.05, 0) is 6.07 Å². The van der Waals surface area contributed by atoms with Gasteiger partial charge in [-0.2, -0.15) is 4.98 Å². The van der Waals surface area contributed by atoms with Crippen molar-refractivity contribution in [2.45, 2.75) is 0 Å². The molecule has 0 unspecified atom stereocenters. The summed E-state index contributed by atoms with van der Waals surface area (Å²) in [4.78, 5) is 18.1. The maximum atomic E-state index is 10.4. The number of aldehydes is 1. The van der Waals surface area contributed by atoms with Crippen molar-refractivity contribution in [1.82, 2.24) is 15.1 Å². The van der Waals surface area contributed by atoms with Gasteiger partial charge in [-0.3, -0.25) is 9.78 Å². The van der Waals surface area contributed by atoms with Crippen LogP contribution >= 0.6 is 11.6 Å². The van der Waals surface area contributed by atoms with E-state index in [2.05, 4.69) is 19.6 Å². The zero-order valence-corrected chi connectivity index (χ0v) is 7.60. The molecule has 0 saturated heterocycles. The summed E-state index contributed by atoms with van der Waals surface area (Å²) in [6, 6.07) is 1.49. The van der Waals surface area contributed by atoms with Crippen LogP contribution in [0.1, 0.15) is 10.4 Å². The summed E-state index contributed by atoms with van der Waals surface area (Å²) >= 11 is 5.86. The molecular weight excluding hydrogens is 206 g/mol. The van der Waals surface area contributed by atoms with Crippen LogP contribution in [-0.4, -0.2) is 21.4 Å². The number of hydrogen-bond acceptors (Lipinski definition) is 5. The summed E-state index contributed by atoms with van der Waals surface area (Å²) in [6.07, 6.45) is 3.24. The first-order chi connectivity index (χ1) is 6.81. The largest absolute Gasteiger partial charge is 0.342 e. The van der Waals surface area contributed by atoms with Crippen molar-refractivity contribution >= 4 is 17.9 Å². The van der Waals surface area contributed by atoms with Gasteiger partial charge in [-0.1, -0.05) is 16.8 Å². The molecule has 0 amide bonds. The fraction of sp³-hybridized carbons (Fsp3) is 0. The summed E-state index contributed by atoms with van der Waals surface area (Å²) < 4.78 is 4.55. The Morgan fingerprint density at radius 3 is 2.86 bits per heavy atom. The zero-order chi connectivity index (χ0) is 9.97. The first-order valence-electron chi connectivity index (χ1n) is 3.68. The molecule has 0 aromatic carbocycles. The number of hydrogen-bond donors (Lipinski definition) is 0. The predicted octanol–water partition coefficient (Wildman–Crippen LogP) is 1.60. The minimum atomic E-state index is 0.299. The molecule has 0 N–H and O–H groups in total. The second kappa shape index (κ2) is 3.55. The molecule has 6 heteroatoms. The van der Waals surface area contributed by atoms with Gasteiger partial charge in [0.15, 0.2) is 6.29 Å². The van der Waals surface area contributed by atoms with Crippen LogP contribution in [0.4, 0.5) is 0 Å². The molecule has 0 bridgehead atoms. The van der Waals surface area contributed by atoms with E-state index < -0.39 is 0 Å². The normalized spacial score (nSPS) is 10.1. The molecule has 70 valence electrons. The molecule has 0 saturated carbocycles. The smallest absolute Gasteiger partial charge is 0.222 e. The monoisotopic (exact) mass is 209 g/mol. The van der Waals surface area contributed by atoms with Crippen LogP contribution in [-0.2, 0) is 0 Å². The van der Waals surface area contributed by atoms with Crippen molar-refractivity contribution in [2.24, 2.45) is 0 Å². The van der Waals surface area contributed by atoms with Crippen LogP contribution in [0.5, 0.6) is 0 Å². The highest BCUT2D eigenvalue weighted by Crippen LogP contribution is 2.22. The summed E-state index contributed by atoms with van der Waals surface area (Å²) in [5.41, 5.74) is 0.799. The van der Waals surface area contributed by atoms with Gasteiger partial charge in [-0.25, -0.2) is 0 Å². The molecule has 5 nitrogen and oxygen atoms in total. The fourth-order valence-electron chi connectivity index (χ4n) is 0.957. The van der Waals surface area contributed by atoms with Gasteiger partial charge < -0.3 is 4.52 Å². The average molecular weight is 210 g/mol. The molecule has 0 atom stereocenters. The van der Waals surface area contributed by atoms with Crippen molar-refractivity contribution in [1.29, 1.82) is 0 Å². The Bertz CT molecular complexity index is 456. The maximum Gasteiger partial charge on any atom is 0.222 e. The molecule has 2 heterocycles. The average Bonchev–Trinajstić information content (AvgIpc) is 2.70. The Kier molecular flexibility index (Phi) is 2.24. The molecule has 0 aliphatic heterocycles. The SMILES string of the molecule is O=Cc1cnc(-c2ncon2)c(Cl)c1. The van der Waals surface area contributed by atoms with E-state index in [9.17, 15) is 4.79 Å². The van der Waals surface area contributed by atoms with Gasteiger partial charge in [0.1, 0.15) is 5.69 Å². The molecule has 0 radical (unpaired) electrons. The van der Waals surface area contributed by atoms with Gasteiger partial charge in [0.25, 0.3) is 0 Å². The molecule has 2 rings (SSSR count). The Balaban J connectivity index is 2.51. The lowest BCUT2D eigenvalue weighted by atomic mass is 10.2. The quantitative estimate of drug-likeness (QED) is 0.703. The van der Waals surface area contributed by atoms with Crippen LogP contribution in [0.15, 0.2) is 23.2 Å². The van der Waals surface area contributed by atoms with E-state index in [0.717, 1.165) is 0 Å². The Hall–Kier alpha value is -1.75. The topological polar surface area (TPSA) is 68.9 Å². The third-order valence-electron chi connectivity index (χ3n) is 1.57. The lowest BCUT2D eigenvalue weighted by Gasteiger charge is -1.97. The number of rotatable bonds is 2. The van der Waals surface area contributed by atoms with Crippen molar-refractivity contribution in [3.8, 4) is 11.5 Å². The van der Waals surface area contributed by atoms with E-state index in [0.29, 0.717) is 28.4 Å². The van der Waals surface area contributed by atoms with E-state index in [-0.39, 0.29) is 0 Å². The van der Waals surface area contributed by atoms with Crippen LogP contribution in [0, 0.1) is 0 Å². The van der Waals surface area contributed by atoms with Crippen molar-refractivity contribution in [3.63, 3.8) is 0 Å².